The zero-order valence-electron chi connectivity index (χ0n) is 13.9. The summed E-state index contributed by atoms with van der Waals surface area (Å²) in [7, 11) is -0.964. The molecule has 1 amide bonds. The lowest BCUT2D eigenvalue weighted by atomic mass is 10.1. The van der Waals surface area contributed by atoms with Gasteiger partial charge in [-0.1, -0.05) is 0 Å². The van der Waals surface area contributed by atoms with Gasteiger partial charge in [-0.3, -0.25) is 19.1 Å². The number of hydrogen-bond donors (Lipinski definition) is 4. The number of carbonyl (C=O) groups is 1. The molecule has 11 nitrogen and oxygen atoms in total. The van der Waals surface area contributed by atoms with E-state index in [1.54, 1.807) is 0 Å². The summed E-state index contributed by atoms with van der Waals surface area (Å²) in [6.45, 7) is 0.584. The van der Waals surface area contributed by atoms with Crippen molar-refractivity contribution >= 4 is 25.4 Å². The van der Waals surface area contributed by atoms with Crippen LogP contribution in [0.1, 0.15) is 11.8 Å². The summed E-state index contributed by atoms with van der Waals surface area (Å²) in [5.74, 6) is -0.449. The first kappa shape index (κ1) is 20.7. The van der Waals surface area contributed by atoms with Crippen molar-refractivity contribution in [3.05, 3.63) is 32.6 Å². The van der Waals surface area contributed by atoms with Gasteiger partial charge in [0.25, 0.3) is 5.56 Å². The van der Waals surface area contributed by atoms with Gasteiger partial charge in [-0.05, 0) is 11.5 Å². The maximum atomic E-state index is 12.2. The highest BCUT2D eigenvalue weighted by molar-refractivity contribution is 8.39. The zero-order valence-corrected chi connectivity index (χ0v) is 15.7. The quantitative estimate of drug-likeness (QED) is 0.326. The van der Waals surface area contributed by atoms with Crippen LogP contribution in [0.5, 0.6) is 0 Å². The zero-order chi connectivity index (χ0) is 19.4. The van der Waals surface area contributed by atoms with Gasteiger partial charge >= 0.3 is 12.9 Å². The van der Waals surface area contributed by atoms with E-state index in [0.717, 1.165) is 4.57 Å². The highest BCUT2D eigenvalue weighted by Gasteiger charge is 2.51. The number of carbonyl (C=O) groups excluding carboxylic acids is 1. The minimum Gasteiger partial charge on any atom is -0.394 e. The molecule has 5 atom stereocenters. The molecule has 2 unspecified atom stereocenters. The number of thiol groups is 1. The molecule has 1 aromatic heterocycles. The summed E-state index contributed by atoms with van der Waals surface area (Å²) in [6, 6.07) is 0. The predicted molar refractivity (Wildman–Crippen MR) is 92.3 cm³/mol. The van der Waals surface area contributed by atoms with E-state index in [4.69, 9.17) is 14.0 Å². The number of aromatic nitrogens is 2. The summed E-state index contributed by atoms with van der Waals surface area (Å²) >= 11 is 3.69. The van der Waals surface area contributed by atoms with Crippen LogP contribution in [0.4, 0.5) is 0 Å². The van der Waals surface area contributed by atoms with Gasteiger partial charge in [0, 0.05) is 18.8 Å². The number of aliphatic hydroxyl groups excluding tert-OH is 1. The normalized spacial score (nSPS) is 25.9. The fourth-order valence-corrected chi connectivity index (χ4v) is 3.30. The number of ether oxygens (including phenoxy) is 2. The number of nitrogens with zero attached hydrogens (tertiary/aromatic N) is 1. The van der Waals surface area contributed by atoms with E-state index in [0.29, 0.717) is 0 Å². The molecule has 1 aromatic rings. The first-order valence-electron chi connectivity index (χ1n) is 7.52. The van der Waals surface area contributed by atoms with Crippen molar-refractivity contribution in [3.8, 4) is 0 Å². The molecular weight excluding hydrogens is 389 g/mol. The molecule has 0 bridgehead atoms. The Morgan fingerprint density at radius 2 is 2.19 bits per heavy atom. The van der Waals surface area contributed by atoms with Gasteiger partial charge in [0.2, 0.25) is 5.91 Å². The minimum atomic E-state index is -2.38. The van der Waals surface area contributed by atoms with Crippen molar-refractivity contribution in [1.29, 1.82) is 0 Å². The number of hydrogen-bond acceptors (Lipinski definition) is 8. The van der Waals surface area contributed by atoms with E-state index in [2.05, 4.69) is 22.5 Å². The SMILES string of the molecule is CNC(=O)CO[C@H]1C(O[P+](=O)S)[C@@H](CO)O[C@H]1n1cc(C)c(=O)[nH]c1=O. The summed E-state index contributed by atoms with van der Waals surface area (Å²) in [5.41, 5.74) is -1.09. The van der Waals surface area contributed by atoms with Gasteiger partial charge in [-0.2, -0.15) is 0 Å². The van der Waals surface area contributed by atoms with E-state index < -0.39 is 55.5 Å². The number of aromatic amines is 1. The first-order valence-corrected chi connectivity index (χ1v) is 9.85. The lowest BCUT2D eigenvalue weighted by molar-refractivity contribution is -0.132. The topological polar surface area (TPSA) is 149 Å². The van der Waals surface area contributed by atoms with E-state index in [1.807, 2.05) is 0 Å². The third kappa shape index (κ3) is 4.58. The molecule has 0 aromatic carbocycles. The molecule has 1 saturated heterocycles. The van der Waals surface area contributed by atoms with Crippen molar-refractivity contribution in [2.75, 3.05) is 20.3 Å². The number of aryl methyl sites for hydroxylation is 1. The van der Waals surface area contributed by atoms with Crippen LogP contribution in [0.25, 0.3) is 0 Å². The molecule has 2 heterocycles. The molecular formula is C13H19N3O8PS+. The fourth-order valence-electron chi connectivity index (χ4n) is 2.51. The Labute approximate surface area is 153 Å². The second kappa shape index (κ2) is 8.89. The van der Waals surface area contributed by atoms with E-state index >= 15 is 0 Å². The number of likely N-dealkylation sites (N-methyl/N-ethyl adjacent to an activating group) is 1. The molecule has 1 aliphatic heterocycles. The molecule has 13 heteroatoms. The number of amides is 1. The monoisotopic (exact) mass is 408 g/mol. The number of aliphatic hydroxyl groups is 1. The van der Waals surface area contributed by atoms with E-state index in [-0.39, 0.29) is 12.2 Å². The third-order valence-electron chi connectivity index (χ3n) is 3.78. The van der Waals surface area contributed by atoms with Gasteiger partial charge in [0.05, 0.1) is 6.61 Å². The first-order chi connectivity index (χ1) is 12.3. The van der Waals surface area contributed by atoms with Crippen LogP contribution in [-0.2, 0) is 23.4 Å². The Hall–Kier alpha value is -1.56. The molecule has 0 radical (unpaired) electrons. The van der Waals surface area contributed by atoms with Crippen molar-refractivity contribution < 1.29 is 28.5 Å². The second-order valence-corrected chi connectivity index (χ2v) is 7.15. The third-order valence-corrected chi connectivity index (χ3v) is 4.49. The van der Waals surface area contributed by atoms with Crippen molar-refractivity contribution in [1.82, 2.24) is 14.9 Å². The van der Waals surface area contributed by atoms with Crippen molar-refractivity contribution in [2.45, 2.75) is 31.5 Å². The molecule has 3 N–H and O–H groups in total. The van der Waals surface area contributed by atoms with Gasteiger partial charge in [0.1, 0.15) is 31.1 Å². The van der Waals surface area contributed by atoms with E-state index in [1.165, 1.54) is 20.2 Å². The number of H-pyrrole nitrogens is 1. The van der Waals surface area contributed by atoms with Crippen molar-refractivity contribution in [3.63, 3.8) is 0 Å². The van der Waals surface area contributed by atoms with E-state index in [9.17, 15) is 24.1 Å². The molecule has 1 aliphatic rings. The second-order valence-electron chi connectivity index (χ2n) is 5.48. The molecule has 144 valence electrons. The van der Waals surface area contributed by atoms with Crippen LogP contribution >= 0.6 is 19.5 Å². The summed E-state index contributed by atoms with van der Waals surface area (Å²) in [4.78, 5) is 37.4. The highest BCUT2D eigenvalue weighted by Crippen LogP contribution is 2.40. The summed E-state index contributed by atoms with van der Waals surface area (Å²) < 4.78 is 28.8. The predicted octanol–water partition coefficient (Wildman–Crippen LogP) is -1.16. The molecule has 26 heavy (non-hydrogen) atoms. The number of rotatable bonds is 7. The smallest absolute Gasteiger partial charge is 0.394 e. The average molecular weight is 408 g/mol. The Balaban J connectivity index is 2.42. The van der Waals surface area contributed by atoms with Crippen LogP contribution in [0.15, 0.2) is 15.8 Å². The molecule has 0 saturated carbocycles. The maximum Gasteiger partial charge on any atom is 0.582 e. The van der Waals surface area contributed by atoms with Crippen LogP contribution < -0.4 is 16.6 Å². The maximum absolute atomic E-state index is 12.2. The van der Waals surface area contributed by atoms with Gasteiger partial charge in [-0.25, -0.2) is 4.79 Å². The van der Waals surface area contributed by atoms with Gasteiger partial charge < -0.3 is 19.9 Å². The fraction of sp³-hybridized carbons (Fsp3) is 0.615. The largest absolute Gasteiger partial charge is 0.582 e. The van der Waals surface area contributed by atoms with Crippen LogP contribution in [0.3, 0.4) is 0 Å². The average Bonchev–Trinajstić information content (AvgIpc) is 2.92. The van der Waals surface area contributed by atoms with Crippen LogP contribution in [-0.4, -0.2) is 59.1 Å². The Morgan fingerprint density at radius 3 is 2.77 bits per heavy atom. The number of nitrogens with one attached hydrogen (secondary N) is 2. The van der Waals surface area contributed by atoms with Crippen LogP contribution in [0.2, 0.25) is 0 Å². The molecule has 0 spiro atoms. The molecule has 0 aliphatic carbocycles. The van der Waals surface area contributed by atoms with Crippen molar-refractivity contribution in [2.24, 2.45) is 0 Å². The minimum absolute atomic E-state index is 0.239. The van der Waals surface area contributed by atoms with Gasteiger partial charge in [0.15, 0.2) is 12.3 Å². The van der Waals surface area contributed by atoms with Gasteiger partial charge in [-0.15, -0.1) is 4.52 Å². The lowest BCUT2D eigenvalue weighted by Gasteiger charge is -2.22. The standard InChI is InChI=1S/C13H18N3O8PS/c1-6-3-16(13(20)15-11(6)19)12-10(22-5-8(18)14-2)9(24-25(21)26)7(4-17)23-12/h3,7,9-10,12,17H,4-5H2,1-2H3,(H2-,14,15,18,19,20,21,26)/p+1/t7-,9?,10+,12-/m1/s1. The molecule has 2 rings (SSSR count). The lowest BCUT2D eigenvalue weighted by Crippen LogP contribution is -2.41. The molecule has 1 fully saturated rings. The Bertz CT molecular complexity index is 796. The van der Waals surface area contributed by atoms with Crippen LogP contribution in [0, 0.1) is 6.92 Å². The Morgan fingerprint density at radius 1 is 1.50 bits per heavy atom. The summed E-state index contributed by atoms with van der Waals surface area (Å²) in [5, 5.41) is 11.9. The highest BCUT2D eigenvalue weighted by atomic mass is 32.7. The summed E-state index contributed by atoms with van der Waals surface area (Å²) in [6.07, 6.45) is -2.99. The Kier molecular flexibility index (Phi) is 7.09.